The Morgan fingerprint density at radius 3 is 2.50 bits per heavy atom. The number of amides is 1. The Hall–Kier alpha value is -3.42. The van der Waals surface area contributed by atoms with Crippen molar-refractivity contribution in [2.45, 2.75) is 12.7 Å². The van der Waals surface area contributed by atoms with Crippen LogP contribution in [-0.2, 0) is 18.4 Å². The highest BCUT2D eigenvalue weighted by Crippen LogP contribution is 2.20. The summed E-state index contributed by atoms with van der Waals surface area (Å²) in [6.45, 7) is 0.393. The summed E-state index contributed by atoms with van der Waals surface area (Å²) in [5.41, 5.74) is 1.31. The normalized spacial score (nSPS) is 10.9. The zero-order chi connectivity index (χ0) is 22.5. The maximum atomic E-state index is 12.2. The number of hydrogen-bond donors (Lipinski definition) is 3. The summed E-state index contributed by atoms with van der Waals surface area (Å²) in [6, 6.07) is 0. The van der Waals surface area contributed by atoms with Gasteiger partial charge < -0.3 is 24.9 Å². The second kappa shape index (κ2) is 9.39. The van der Waals surface area contributed by atoms with Crippen molar-refractivity contribution in [3.05, 3.63) is 35.4 Å². The van der Waals surface area contributed by atoms with Crippen molar-refractivity contribution in [3.8, 4) is 10.8 Å². The minimum atomic E-state index is -5.08. The fraction of sp³-hybridized carbons (Fsp3) is 0.312. The molecule has 14 heteroatoms. The number of carbonyl (C=O) groups excluding carboxylic acids is 1. The van der Waals surface area contributed by atoms with E-state index in [1.807, 2.05) is 30.6 Å². The molecule has 0 fully saturated rings. The van der Waals surface area contributed by atoms with Crippen LogP contribution in [0.4, 0.5) is 19.1 Å². The number of thiazole rings is 1. The molecule has 0 aliphatic heterocycles. The lowest BCUT2D eigenvalue weighted by Gasteiger charge is -2.12. The van der Waals surface area contributed by atoms with Gasteiger partial charge in [0.1, 0.15) is 5.69 Å². The second-order valence-electron chi connectivity index (χ2n) is 5.96. The molecular formula is C16H18F3N7O3S. The van der Waals surface area contributed by atoms with Crippen molar-refractivity contribution in [1.82, 2.24) is 29.8 Å². The van der Waals surface area contributed by atoms with Crippen LogP contribution in [0.25, 0.3) is 10.8 Å². The molecule has 0 aromatic carbocycles. The van der Waals surface area contributed by atoms with Gasteiger partial charge in [-0.25, -0.2) is 19.7 Å². The molecule has 0 aliphatic rings. The number of carboxylic acid groups (broad SMARTS) is 1. The van der Waals surface area contributed by atoms with Crippen LogP contribution < -0.4 is 10.2 Å². The van der Waals surface area contributed by atoms with Gasteiger partial charge in [-0.05, 0) is 0 Å². The number of hydrogen-bond acceptors (Lipinski definition) is 7. The number of aromatic nitrogens is 5. The summed E-state index contributed by atoms with van der Waals surface area (Å²) >= 11 is 1.38. The largest absolute Gasteiger partial charge is 0.490 e. The summed E-state index contributed by atoms with van der Waals surface area (Å²) in [4.78, 5) is 38.7. The van der Waals surface area contributed by atoms with Gasteiger partial charge in [0.2, 0.25) is 5.95 Å². The number of H-pyrrole nitrogens is 1. The number of anilines is 1. The zero-order valence-electron chi connectivity index (χ0n) is 16.1. The monoisotopic (exact) mass is 445 g/mol. The number of nitrogens with one attached hydrogen (secondary N) is 2. The maximum Gasteiger partial charge on any atom is 0.490 e. The van der Waals surface area contributed by atoms with Crippen LogP contribution in [0.1, 0.15) is 16.2 Å². The Labute approximate surface area is 172 Å². The van der Waals surface area contributed by atoms with E-state index in [1.54, 1.807) is 24.0 Å². The summed E-state index contributed by atoms with van der Waals surface area (Å²) in [6.07, 6.45) is 0.0490. The number of halogens is 3. The Morgan fingerprint density at radius 1 is 1.33 bits per heavy atom. The molecule has 1 amide bonds. The Morgan fingerprint density at radius 2 is 2.00 bits per heavy atom. The van der Waals surface area contributed by atoms with E-state index in [0.717, 1.165) is 11.6 Å². The van der Waals surface area contributed by atoms with Crippen LogP contribution in [0.3, 0.4) is 0 Å². The number of aliphatic carboxylic acids is 1. The molecule has 0 unspecified atom stereocenters. The number of nitrogens with zero attached hydrogens (tertiary/aromatic N) is 5. The predicted molar refractivity (Wildman–Crippen MR) is 102 cm³/mol. The third kappa shape index (κ3) is 5.79. The SMILES string of the molecule is CN(C)c1ncc(CNC(=O)c2csc(-c3ncc[nH]3)n2)n1C.O=C(O)C(F)(F)F. The molecule has 0 saturated carbocycles. The highest BCUT2D eigenvalue weighted by atomic mass is 32.1. The summed E-state index contributed by atoms with van der Waals surface area (Å²) in [7, 11) is 5.77. The van der Waals surface area contributed by atoms with Gasteiger partial charge >= 0.3 is 12.1 Å². The van der Waals surface area contributed by atoms with E-state index in [-0.39, 0.29) is 5.91 Å². The summed E-state index contributed by atoms with van der Waals surface area (Å²) < 4.78 is 33.7. The van der Waals surface area contributed by atoms with Gasteiger partial charge in [-0.3, -0.25) is 4.79 Å². The lowest BCUT2D eigenvalue weighted by Crippen LogP contribution is -2.24. The molecule has 0 saturated heterocycles. The van der Waals surface area contributed by atoms with Gasteiger partial charge in [0.25, 0.3) is 5.91 Å². The molecule has 10 nitrogen and oxygen atoms in total. The maximum absolute atomic E-state index is 12.2. The predicted octanol–water partition coefficient (Wildman–Crippen LogP) is 1.90. The van der Waals surface area contributed by atoms with Crippen LogP contribution in [-0.4, -0.2) is 61.8 Å². The van der Waals surface area contributed by atoms with Gasteiger partial charge in [-0.1, -0.05) is 0 Å². The molecule has 3 aromatic heterocycles. The number of carbonyl (C=O) groups is 2. The van der Waals surface area contributed by atoms with Crippen molar-refractivity contribution >= 4 is 29.2 Å². The Bertz CT molecular complexity index is 996. The first-order valence-corrected chi connectivity index (χ1v) is 9.10. The number of rotatable bonds is 5. The van der Waals surface area contributed by atoms with E-state index < -0.39 is 12.1 Å². The van der Waals surface area contributed by atoms with Crippen LogP contribution in [0.2, 0.25) is 0 Å². The van der Waals surface area contributed by atoms with E-state index in [0.29, 0.717) is 23.1 Å². The molecule has 3 N–H and O–H groups in total. The third-order valence-corrected chi connectivity index (χ3v) is 4.42. The fourth-order valence-corrected chi connectivity index (χ4v) is 2.90. The standard InChI is InChI=1S/C14H17N7OS.C2HF3O2/c1-20(2)14-18-7-9(21(14)3)6-17-12(22)10-8-23-13(19-10)11-15-4-5-16-11;3-2(4,5)1(6)7/h4-5,7-8H,6H2,1-3H3,(H,15,16)(H,17,22);(H,6,7). The van der Waals surface area contributed by atoms with Crippen LogP contribution in [0, 0.1) is 0 Å². The van der Waals surface area contributed by atoms with Crippen LogP contribution >= 0.6 is 11.3 Å². The molecular weight excluding hydrogens is 427 g/mol. The second-order valence-corrected chi connectivity index (χ2v) is 6.82. The molecule has 30 heavy (non-hydrogen) atoms. The number of imidazole rings is 2. The van der Waals surface area contributed by atoms with E-state index in [2.05, 4.69) is 25.3 Å². The zero-order valence-corrected chi connectivity index (χ0v) is 16.9. The number of alkyl halides is 3. The first kappa shape index (κ1) is 22.9. The quantitative estimate of drug-likeness (QED) is 0.547. The van der Waals surface area contributed by atoms with Crippen molar-refractivity contribution in [2.24, 2.45) is 7.05 Å². The van der Waals surface area contributed by atoms with Gasteiger partial charge in [0, 0.05) is 38.9 Å². The lowest BCUT2D eigenvalue weighted by molar-refractivity contribution is -0.192. The molecule has 0 aliphatic carbocycles. The van der Waals surface area contributed by atoms with Crippen molar-refractivity contribution < 1.29 is 27.9 Å². The highest BCUT2D eigenvalue weighted by molar-refractivity contribution is 7.13. The number of aromatic amines is 1. The smallest absolute Gasteiger partial charge is 0.475 e. The van der Waals surface area contributed by atoms with Crippen molar-refractivity contribution in [1.29, 1.82) is 0 Å². The molecule has 3 aromatic rings. The molecule has 3 heterocycles. The van der Waals surface area contributed by atoms with E-state index in [4.69, 9.17) is 9.90 Å². The molecule has 162 valence electrons. The first-order valence-electron chi connectivity index (χ1n) is 8.22. The average molecular weight is 445 g/mol. The van der Waals surface area contributed by atoms with Crippen LogP contribution in [0.15, 0.2) is 24.0 Å². The Kier molecular flexibility index (Phi) is 7.15. The van der Waals surface area contributed by atoms with Gasteiger partial charge in [-0.15, -0.1) is 11.3 Å². The first-order chi connectivity index (χ1) is 14.0. The van der Waals surface area contributed by atoms with Gasteiger partial charge in [-0.2, -0.15) is 13.2 Å². The molecule has 0 atom stereocenters. The summed E-state index contributed by atoms with van der Waals surface area (Å²) in [5.74, 6) is -1.47. The van der Waals surface area contributed by atoms with E-state index in [1.165, 1.54) is 11.3 Å². The Balaban J connectivity index is 0.000000396. The van der Waals surface area contributed by atoms with Crippen LogP contribution in [0.5, 0.6) is 0 Å². The average Bonchev–Trinajstić information content (AvgIpc) is 3.40. The lowest BCUT2D eigenvalue weighted by atomic mass is 10.4. The van der Waals surface area contributed by atoms with Crippen molar-refractivity contribution in [2.75, 3.05) is 19.0 Å². The summed E-state index contributed by atoms with van der Waals surface area (Å²) in [5, 5.41) is 12.4. The topological polar surface area (TPSA) is 129 Å². The highest BCUT2D eigenvalue weighted by Gasteiger charge is 2.38. The van der Waals surface area contributed by atoms with Crippen molar-refractivity contribution in [3.63, 3.8) is 0 Å². The minimum absolute atomic E-state index is 0.216. The molecule has 0 radical (unpaired) electrons. The van der Waals surface area contributed by atoms with Gasteiger partial charge in [0.15, 0.2) is 10.8 Å². The van der Waals surface area contributed by atoms with E-state index in [9.17, 15) is 18.0 Å². The molecule has 0 spiro atoms. The minimum Gasteiger partial charge on any atom is -0.475 e. The molecule has 0 bridgehead atoms. The molecule has 3 rings (SSSR count). The van der Waals surface area contributed by atoms with E-state index >= 15 is 0 Å². The third-order valence-electron chi connectivity index (χ3n) is 3.57. The van der Waals surface area contributed by atoms with Gasteiger partial charge in [0.05, 0.1) is 18.4 Å². The number of carboxylic acids is 1. The fourth-order valence-electron chi connectivity index (χ4n) is 2.14.